The van der Waals surface area contributed by atoms with Gasteiger partial charge in [-0.25, -0.2) is 4.98 Å². The molecule has 0 spiro atoms. The topological polar surface area (TPSA) is 61.0 Å². The molecule has 0 unspecified atom stereocenters. The first-order valence-corrected chi connectivity index (χ1v) is 7.77. The van der Waals surface area contributed by atoms with Crippen LogP contribution < -0.4 is 4.74 Å². The van der Waals surface area contributed by atoms with Gasteiger partial charge in [0.1, 0.15) is 0 Å². The third-order valence-corrected chi connectivity index (χ3v) is 3.52. The molecule has 1 aromatic carbocycles. The molecule has 0 aliphatic heterocycles. The lowest BCUT2D eigenvalue weighted by molar-refractivity contribution is 0.319. The Morgan fingerprint density at radius 2 is 1.91 bits per heavy atom. The third kappa shape index (κ3) is 3.04. The van der Waals surface area contributed by atoms with Gasteiger partial charge in [-0.2, -0.15) is 4.98 Å². The quantitative estimate of drug-likeness (QED) is 0.722. The molecule has 0 saturated heterocycles. The maximum Gasteiger partial charge on any atom is 0.232 e. The normalized spacial score (nSPS) is 11.9. The van der Waals surface area contributed by atoms with E-state index < -0.39 is 0 Å². The lowest BCUT2D eigenvalue weighted by Gasteiger charge is -2.11. The summed E-state index contributed by atoms with van der Waals surface area (Å²) in [5.74, 6) is 1.64. The molecule has 0 aliphatic rings. The van der Waals surface area contributed by atoms with Gasteiger partial charge in [0.25, 0.3) is 0 Å². The Kier molecular flexibility index (Phi) is 3.80. The number of hydrogen-bond acceptors (Lipinski definition) is 5. The van der Waals surface area contributed by atoms with Gasteiger partial charge >= 0.3 is 0 Å². The van der Waals surface area contributed by atoms with Crippen LogP contribution >= 0.6 is 0 Å². The second-order valence-electron chi connectivity index (χ2n) is 6.64. The van der Waals surface area contributed by atoms with Crippen molar-refractivity contribution in [2.75, 3.05) is 6.61 Å². The van der Waals surface area contributed by atoms with Crippen LogP contribution in [0, 0.1) is 6.92 Å². The maximum atomic E-state index is 5.69. The van der Waals surface area contributed by atoms with Crippen LogP contribution in [0.3, 0.4) is 0 Å². The third-order valence-electron chi connectivity index (χ3n) is 3.52. The van der Waals surface area contributed by atoms with E-state index in [1.807, 2.05) is 45.9 Å². The molecule has 3 aromatic rings. The number of fused-ring (bicyclic) bond motifs is 1. The van der Waals surface area contributed by atoms with Crippen molar-refractivity contribution in [3.8, 4) is 17.3 Å². The van der Waals surface area contributed by atoms with E-state index in [4.69, 9.17) is 9.26 Å². The molecule has 0 N–H and O–H groups in total. The Balaban J connectivity index is 2.17. The number of pyridine rings is 1. The molecule has 2 aromatic heterocycles. The highest BCUT2D eigenvalue weighted by molar-refractivity contribution is 5.85. The van der Waals surface area contributed by atoms with E-state index in [0.29, 0.717) is 24.2 Å². The van der Waals surface area contributed by atoms with Crippen LogP contribution in [0.15, 0.2) is 28.8 Å². The fraction of sp³-hybridized carbons (Fsp3) is 0.389. The van der Waals surface area contributed by atoms with Crippen LogP contribution in [-0.2, 0) is 5.41 Å². The van der Waals surface area contributed by atoms with Gasteiger partial charge in [0.2, 0.25) is 17.6 Å². The minimum absolute atomic E-state index is 0.197. The molecule has 0 fully saturated rings. The molecule has 3 rings (SSSR count). The number of hydrogen-bond donors (Lipinski definition) is 0. The van der Waals surface area contributed by atoms with Gasteiger partial charge in [-0.15, -0.1) is 0 Å². The summed E-state index contributed by atoms with van der Waals surface area (Å²) in [5.41, 5.74) is 2.63. The summed E-state index contributed by atoms with van der Waals surface area (Å²) in [6.45, 7) is 10.6. The molecule has 120 valence electrons. The number of aryl methyl sites for hydroxylation is 1. The van der Waals surface area contributed by atoms with Gasteiger partial charge in [-0.1, -0.05) is 37.6 Å². The van der Waals surface area contributed by atoms with Crippen molar-refractivity contribution in [1.29, 1.82) is 0 Å². The molecule has 2 heterocycles. The molecule has 0 bridgehead atoms. The first-order chi connectivity index (χ1) is 10.9. The number of ether oxygens (including phenoxy) is 1. The highest BCUT2D eigenvalue weighted by Crippen LogP contribution is 2.32. The Morgan fingerprint density at radius 3 is 2.57 bits per heavy atom. The Bertz CT molecular complexity index is 847. The van der Waals surface area contributed by atoms with Crippen molar-refractivity contribution < 1.29 is 9.26 Å². The maximum absolute atomic E-state index is 5.69. The predicted molar refractivity (Wildman–Crippen MR) is 89.6 cm³/mol. The van der Waals surface area contributed by atoms with Crippen molar-refractivity contribution in [3.05, 3.63) is 35.7 Å². The molecule has 5 nitrogen and oxygen atoms in total. The summed E-state index contributed by atoms with van der Waals surface area (Å²) in [7, 11) is 0. The van der Waals surface area contributed by atoms with E-state index in [2.05, 4.69) is 28.1 Å². The highest BCUT2D eigenvalue weighted by Gasteiger charge is 2.24. The monoisotopic (exact) mass is 311 g/mol. The first kappa shape index (κ1) is 15.5. The van der Waals surface area contributed by atoms with Gasteiger partial charge in [-0.05, 0) is 32.0 Å². The number of aromatic nitrogens is 3. The summed E-state index contributed by atoms with van der Waals surface area (Å²) >= 11 is 0. The van der Waals surface area contributed by atoms with Gasteiger partial charge in [0.05, 0.1) is 17.7 Å². The van der Waals surface area contributed by atoms with Crippen molar-refractivity contribution in [2.45, 2.75) is 40.0 Å². The highest BCUT2D eigenvalue weighted by atomic mass is 16.5. The van der Waals surface area contributed by atoms with E-state index >= 15 is 0 Å². The average molecular weight is 311 g/mol. The molecule has 0 saturated carbocycles. The molecule has 23 heavy (non-hydrogen) atoms. The minimum Gasteiger partial charge on any atom is -0.477 e. The second kappa shape index (κ2) is 5.65. The minimum atomic E-state index is -0.197. The summed E-state index contributed by atoms with van der Waals surface area (Å²) < 4.78 is 11.1. The smallest absolute Gasteiger partial charge is 0.232 e. The molecule has 5 heteroatoms. The van der Waals surface area contributed by atoms with Gasteiger partial charge in [0.15, 0.2) is 0 Å². The Morgan fingerprint density at radius 1 is 1.13 bits per heavy atom. The first-order valence-electron chi connectivity index (χ1n) is 7.77. The molecule has 0 amide bonds. The Hall–Kier alpha value is -2.43. The summed E-state index contributed by atoms with van der Waals surface area (Å²) in [5, 5.41) is 5.15. The van der Waals surface area contributed by atoms with Gasteiger partial charge in [0, 0.05) is 10.8 Å². The van der Waals surface area contributed by atoms with Crippen molar-refractivity contribution in [2.24, 2.45) is 0 Å². The molecule has 0 atom stereocenters. The van der Waals surface area contributed by atoms with Crippen molar-refractivity contribution in [1.82, 2.24) is 15.1 Å². The van der Waals surface area contributed by atoms with Crippen molar-refractivity contribution in [3.63, 3.8) is 0 Å². The fourth-order valence-electron chi connectivity index (χ4n) is 2.32. The van der Waals surface area contributed by atoms with Crippen LogP contribution in [0.2, 0.25) is 0 Å². The summed E-state index contributed by atoms with van der Waals surface area (Å²) in [6, 6.07) is 8.13. The standard InChI is InChI=1S/C18H21N3O2/c1-6-22-16-13(15-20-17(23-21-15)18(3,4)5)10-12-9-11(2)7-8-14(12)19-16/h7-10H,6H2,1-5H3. The molecular formula is C18H21N3O2. The number of rotatable bonds is 3. The van der Waals surface area contributed by atoms with Crippen LogP contribution in [0.5, 0.6) is 5.88 Å². The lowest BCUT2D eigenvalue weighted by Crippen LogP contribution is -2.11. The summed E-state index contributed by atoms with van der Waals surface area (Å²) in [4.78, 5) is 9.14. The van der Waals surface area contributed by atoms with Gasteiger partial charge in [-0.3, -0.25) is 0 Å². The van der Waals surface area contributed by atoms with Crippen LogP contribution in [0.25, 0.3) is 22.3 Å². The van der Waals surface area contributed by atoms with Crippen LogP contribution in [0.4, 0.5) is 0 Å². The number of nitrogens with zero attached hydrogens (tertiary/aromatic N) is 3. The van der Waals surface area contributed by atoms with E-state index in [0.717, 1.165) is 16.5 Å². The zero-order valence-electron chi connectivity index (χ0n) is 14.2. The second-order valence-corrected chi connectivity index (χ2v) is 6.64. The molecule has 0 aliphatic carbocycles. The van der Waals surface area contributed by atoms with Crippen LogP contribution in [0.1, 0.15) is 39.1 Å². The largest absolute Gasteiger partial charge is 0.477 e. The zero-order valence-corrected chi connectivity index (χ0v) is 14.2. The van der Waals surface area contributed by atoms with E-state index in [-0.39, 0.29) is 5.41 Å². The van der Waals surface area contributed by atoms with Crippen molar-refractivity contribution >= 4 is 10.9 Å². The summed E-state index contributed by atoms with van der Waals surface area (Å²) in [6.07, 6.45) is 0. The lowest BCUT2D eigenvalue weighted by atomic mass is 9.97. The van der Waals surface area contributed by atoms with E-state index in [1.165, 1.54) is 5.56 Å². The Labute approximate surface area is 135 Å². The predicted octanol–water partition coefficient (Wildman–Crippen LogP) is 4.29. The van der Waals surface area contributed by atoms with E-state index in [9.17, 15) is 0 Å². The number of benzene rings is 1. The average Bonchev–Trinajstić information content (AvgIpc) is 2.97. The van der Waals surface area contributed by atoms with Gasteiger partial charge < -0.3 is 9.26 Å². The zero-order chi connectivity index (χ0) is 16.6. The molecule has 0 radical (unpaired) electrons. The van der Waals surface area contributed by atoms with E-state index in [1.54, 1.807) is 0 Å². The fourth-order valence-corrected chi connectivity index (χ4v) is 2.32. The molecular weight excluding hydrogens is 290 g/mol. The SMILES string of the molecule is CCOc1nc2ccc(C)cc2cc1-c1noc(C(C)(C)C)n1. The van der Waals surface area contributed by atoms with Crippen LogP contribution in [-0.4, -0.2) is 21.7 Å².